The normalized spacial score (nSPS) is 10.6. The van der Waals surface area contributed by atoms with E-state index in [0.29, 0.717) is 42.4 Å². The van der Waals surface area contributed by atoms with Crippen molar-refractivity contribution in [3.63, 3.8) is 0 Å². The van der Waals surface area contributed by atoms with Crippen molar-refractivity contribution in [1.82, 2.24) is 25.2 Å². The van der Waals surface area contributed by atoms with Crippen LogP contribution in [0.1, 0.15) is 41.3 Å². The van der Waals surface area contributed by atoms with Crippen LogP contribution in [0.4, 0.5) is 5.95 Å². The zero-order valence-electron chi connectivity index (χ0n) is 20.4. The summed E-state index contributed by atoms with van der Waals surface area (Å²) >= 11 is 0. The van der Waals surface area contributed by atoms with E-state index in [1.807, 2.05) is 26.2 Å². The standard InChI is InChI=1S/C22H26N6O4.C2H4O2/c1-28(2)13-25-22-26-19-18(21(32)27-22)16(12-24-19)10-7-14-5-8-15(9-6-14)20(31)23-11-3-4-17(29)30;1-2(3)4/h5-6,8-9,12-13H,3-4,7,10-11H2,1-2H3,(H,23,31)(H,29,30)(H2,24,26,27,32);1H3,(H,3,4)/b25-13-;. The molecule has 3 rings (SSSR count). The molecule has 0 spiro atoms. The lowest BCUT2D eigenvalue weighted by molar-refractivity contribution is -0.137. The summed E-state index contributed by atoms with van der Waals surface area (Å²) in [6.45, 7) is 1.40. The second-order valence-corrected chi connectivity index (χ2v) is 8.10. The van der Waals surface area contributed by atoms with Gasteiger partial charge in [-0.15, -0.1) is 0 Å². The molecule has 3 aromatic rings. The first-order chi connectivity index (χ1) is 17.1. The molecule has 0 fully saturated rings. The van der Waals surface area contributed by atoms with Gasteiger partial charge in [-0.2, -0.15) is 4.98 Å². The molecule has 1 aromatic carbocycles. The molecule has 0 atom stereocenters. The fourth-order valence-electron chi connectivity index (χ4n) is 3.17. The number of H-pyrrole nitrogens is 2. The molecular formula is C24H30N6O6. The lowest BCUT2D eigenvalue weighted by Gasteiger charge is -2.06. The van der Waals surface area contributed by atoms with Gasteiger partial charge in [0.05, 0.1) is 11.7 Å². The first-order valence-electron chi connectivity index (χ1n) is 11.2. The number of amides is 1. The molecule has 0 saturated carbocycles. The zero-order valence-corrected chi connectivity index (χ0v) is 20.4. The number of carbonyl (C=O) groups is 3. The van der Waals surface area contributed by atoms with Crippen molar-refractivity contribution in [3.8, 4) is 0 Å². The second-order valence-electron chi connectivity index (χ2n) is 8.10. The maximum Gasteiger partial charge on any atom is 0.303 e. The molecule has 0 unspecified atom stereocenters. The third kappa shape index (κ3) is 9.05. The number of aromatic nitrogens is 3. The number of fused-ring (bicyclic) bond motifs is 1. The highest BCUT2D eigenvalue weighted by atomic mass is 16.4. The number of carboxylic acid groups (broad SMARTS) is 2. The maximum absolute atomic E-state index is 12.5. The van der Waals surface area contributed by atoms with E-state index in [9.17, 15) is 14.4 Å². The van der Waals surface area contributed by atoms with E-state index < -0.39 is 11.9 Å². The number of carboxylic acids is 2. The summed E-state index contributed by atoms with van der Waals surface area (Å²) in [5.74, 6) is -1.71. The monoisotopic (exact) mass is 498 g/mol. The van der Waals surface area contributed by atoms with Crippen molar-refractivity contribution in [2.45, 2.75) is 32.6 Å². The van der Waals surface area contributed by atoms with E-state index in [2.05, 4.69) is 25.3 Å². The Hall–Kier alpha value is -4.48. The fourth-order valence-corrected chi connectivity index (χ4v) is 3.17. The molecule has 2 heterocycles. The summed E-state index contributed by atoms with van der Waals surface area (Å²) < 4.78 is 0. The number of aliphatic imine (C=N–C) groups is 1. The number of hydrogen-bond acceptors (Lipinski definition) is 6. The van der Waals surface area contributed by atoms with Crippen LogP contribution in [0.3, 0.4) is 0 Å². The number of hydrogen-bond donors (Lipinski definition) is 5. The maximum atomic E-state index is 12.5. The van der Waals surface area contributed by atoms with Crippen molar-refractivity contribution < 1.29 is 24.6 Å². The molecule has 192 valence electrons. The molecule has 5 N–H and O–H groups in total. The van der Waals surface area contributed by atoms with Gasteiger partial charge in [-0.25, -0.2) is 4.99 Å². The van der Waals surface area contributed by atoms with Crippen molar-refractivity contribution >= 4 is 41.2 Å². The average Bonchev–Trinajstić information content (AvgIpc) is 3.22. The Bertz CT molecular complexity index is 1270. The van der Waals surface area contributed by atoms with E-state index >= 15 is 0 Å². The highest BCUT2D eigenvalue weighted by Crippen LogP contribution is 2.17. The van der Waals surface area contributed by atoms with Crippen LogP contribution in [0.15, 0.2) is 40.2 Å². The molecule has 36 heavy (non-hydrogen) atoms. The summed E-state index contributed by atoms with van der Waals surface area (Å²) in [5, 5.41) is 19.3. The van der Waals surface area contributed by atoms with Crippen LogP contribution in [0.5, 0.6) is 0 Å². The minimum Gasteiger partial charge on any atom is -0.481 e. The van der Waals surface area contributed by atoms with E-state index in [4.69, 9.17) is 15.0 Å². The summed E-state index contributed by atoms with van der Waals surface area (Å²) in [6, 6.07) is 7.22. The number of nitrogens with one attached hydrogen (secondary N) is 3. The number of nitrogens with zero attached hydrogens (tertiary/aromatic N) is 3. The van der Waals surface area contributed by atoms with Gasteiger partial charge < -0.3 is 25.4 Å². The Morgan fingerprint density at radius 1 is 1.14 bits per heavy atom. The molecular weight excluding hydrogens is 468 g/mol. The van der Waals surface area contributed by atoms with Gasteiger partial charge in [0.15, 0.2) is 0 Å². The molecule has 0 aliphatic carbocycles. The third-order valence-electron chi connectivity index (χ3n) is 4.77. The van der Waals surface area contributed by atoms with Gasteiger partial charge in [0, 0.05) is 45.7 Å². The molecule has 12 nitrogen and oxygen atoms in total. The van der Waals surface area contributed by atoms with Crippen molar-refractivity contribution in [2.24, 2.45) is 4.99 Å². The van der Waals surface area contributed by atoms with E-state index in [1.165, 1.54) is 0 Å². The van der Waals surface area contributed by atoms with Gasteiger partial charge in [0.25, 0.3) is 17.4 Å². The Morgan fingerprint density at radius 3 is 2.42 bits per heavy atom. The van der Waals surface area contributed by atoms with Crippen LogP contribution < -0.4 is 10.9 Å². The zero-order chi connectivity index (χ0) is 26.7. The molecule has 0 radical (unpaired) electrons. The molecule has 1 amide bonds. The predicted octanol–water partition coefficient (Wildman–Crippen LogP) is 1.94. The van der Waals surface area contributed by atoms with Crippen LogP contribution in [0.2, 0.25) is 0 Å². The highest BCUT2D eigenvalue weighted by molar-refractivity contribution is 5.94. The number of aryl methyl sites for hydroxylation is 2. The van der Waals surface area contributed by atoms with Crippen molar-refractivity contribution in [3.05, 3.63) is 57.5 Å². The predicted molar refractivity (Wildman–Crippen MR) is 135 cm³/mol. The lowest BCUT2D eigenvalue weighted by atomic mass is 10.0. The largest absolute Gasteiger partial charge is 0.481 e. The van der Waals surface area contributed by atoms with E-state index in [1.54, 1.807) is 29.6 Å². The second kappa shape index (κ2) is 13.4. The highest BCUT2D eigenvalue weighted by Gasteiger charge is 2.11. The summed E-state index contributed by atoms with van der Waals surface area (Å²) in [7, 11) is 3.66. The van der Waals surface area contributed by atoms with Crippen LogP contribution in [0.25, 0.3) is 11.0 Å². The van der Waals surface area contributed by atoms with Gasteiger partial charge >= 0.3 is 5.97 Å². The van der Waals surface area contributed by atoms with Crippen molar-refractivity contribution in [1.29, 1.82) is 0 Å². The number of carbonyl (C=O) groups excluding carboxylic acids is 1. The average molecular weight is 499 g/mol. The number of rotatable bonds is 10. The van der Waals surface area contributed by atoms with Gasteiger partial charge in [-0.3, -0.25) is 24.2 Å². The lowest BCUT2D eigenvalue weighted by Crippen LogP contribution is -2.24. The summed E-state index contributed by atoms with van der Waals surface area (Å²) in [5.41, 5.74) is 2.65. The molecule has 12 heteroatoms. The van der Waals surface area contributed by atoms with Gasteiger partial charge in [-0.05, 0) is 42.5 Å². The van der Waals surface area contributed by atoms with Gasteiger partial charge in [0.1, 0.15) is 5.65 Å². The Labute approximate surface area is 207 Å². The number of aromatic amines is 2. The summed E-state index contributed by atoms with van der Waals surface area (Å²) in [4.78, 5) is 60.1. The van der Waals surface area contributed by atoms with E-state index in [0.717, 1.165) is 18.1 Å². The molecule has 2 aromatic heterocycles. The molecule has 0 aliphatic heterocycles. The Morgan fingerprint density at radius 2 is 1.81 bits per heavy atom. The van der Waals surface area contributed by atoms with Crippen LogP contribution in [-0.4, -0.2) is 74.9 Å². The smallest absolute Gasteiger partial charge is 0.303 e. The molecule has 0 aliphatic rings. The van der Waals surface area contributed by atoms with Gasteiger partial charge in [0.2, 0.25) is 5.95 Å². The number of benzene rings is 1. The molecule has 0 bridgehead atoms. The van der Waals surface area contributed by atoms with Gasteiger partial charge in [-0.1, -0.05) is 12.1 Å². The SMILES string of the molecule is CC(=O)O.CN(C)/C=N\c1nc2[nH]cc(CCc3ccc(C(=O)NCCCC(=O)O)cc3)c2c(=O)[nH]1. The topological polar surface area (TPSA) is 181 Å². The Kier molecular flexibility index (Phi) is 10.3. The number of aliphatic carboxylic acids is 2. The van der Waals surface area contributed by atoms with Crippen molar-refractivity contribution in [2.75, 3.05) is 20.6 Å². The first-order valence-corrected chi connectivity index (χ1v) is 11.2. The minimum absolute atomic E-state index is 0.0238. The minimum atomic E-state index is -0.880. The van der Waals surface area contributed by atoms with Crippen LogP contribution in [-0.2, 0) is 22.4 Å². The first kappa shape index (κ1) is 27.8. The Balaban J connectivity index is 0.00000106. The van der Waals surface area contributed by atoms with Crippen LogP contribution in [0, 0.1) is 0 Å². The third-order valence-corrected chi connectivity index (χ3v) is 4.77. The summed E-state index contributed by atoms with van der Waals surface area (Å²) in [6.07, 6.45) is 5.08. The van der Waals surface area contributed by atoms with Crippen LogP contribution >= 0.6 is 0 Å². The molecule has 0 saturated heterocycles. The quantitative estimate of drug-likeness (QED) is 0.160. The fraction of sp³-hybridized carbons (Fsp3) is 0.333. The van der Waals surface area contributed by atoms with E-state index in [-0.39, 0.29) is 23.8 Å².